The highest BCUT2D eigenvalue weighted by molar-refractivity contribution is 5.93. The van der Waals surface area contributed by atoms with E-state index in [9.17, 15) is 9.59 Å². The van der Waals surface area contributed by atoms with Gasteiger partial charge in [0.1, 0.15) is 5.58 Å². The van der Waals surface area contributed by atoms with Gasteiger partial charge in [0.05, 0.1) is 17.6 Å². The second kappa shape index (κ2) is 6.15. The SMILES string of the molecule is CC1=CC2(CCN(C(=O)c3cc(=O)c4ccccc4o3)CC2)OCC1. The van der Waals surface area contributed by atoms with Gasteiger partial charge in [-0.2, -0.15) is 0 Å². The van der Waals surface area contributed by atoms with Gasteiger partial charge < -0.3 is 14.1 Å². The largest absolute Gasteiger partial charge is 0.451 e. The molecular weight excluding hydrogens is 318 g/mol. The van der Waals surface area contributed by atoms with Crippen molar-refractivity contribution in [3.8, 4) is 0 Å². The topological polar surface area (TPSA) is 59.8 Å². The molecule has 25 heavy (non-hydrogen) atoms. The normalized spacial score (nSPS) is 19.9. The molecule has 5 heteroatoms. The maximum absolute atomic E-state index is 12.8. The van der Waals surface area contributed by atoms with Crippen molar-refractivity contribution in [1.29, 1.82) is 0 Å². The molecule has 130 valence electrons. The van der Waals surface area contributed by atoms with E-state index in [-0.39, 0.29) is 22.7 Å². The predicted molar refractivity (Wildman–Crippen MR) is 94.7 cm³/mol. The number of ether oxygens (including phenoxy) is 1. The van der Waals surface area contributed by atoms with Gasteiger partial charge in [-0.25, -0.2) is 0 Å². The molecule has 4 rings (SSSR count). The average Bonchev–Trinajstić information content (AvgIpc) is 2.62. The summed E-state index contributed by atoms with van der Waals surface area (Å²) in [5.74, 6) is -0.120. The number of hydrogen-bond donors (Lipinski definition) is 0. The number of nitrogens with zero attached hydrogens (tertiary/aromatic N) is 1. The summed E-state index contributed by atoms with van der Waals surface area (Å²) >= 11 is 0. The van der Waals surface area contributed by atoms with Crippen molar-refractivity contribution < 1.29 is 13.9 Å². The third-order valence-corrected chi connectivity index (χ3v) is 5.14. The highest BCUT2D eigenvalue weighted by atomic mass is 16.5. The molecule has 2 aliphatic heterocycles. The lowest BCUT2D eigenvalue weighted by molar-refractivity contribution is -0.0525. The number of carbonyl (C=O) groups excluding carboxylic acids is 1. The van der Waals surface area contributed by atoms with Crippen LogP contribution in [0.5, 0.6) is 0 Å². The molecule has 5 nitrogen and oxygen atoms in total. The number of carbonyl (C=O) groups is 1. The number of likely N-dealkylation sites (tertiary alicyclic amines) is 1. The minimum atomic E-state index is -0.233. The van der Waals surface area contributed by atoms with Crippen molar-refractivity contribution in [2.45, 2.75) is 31.8 Å². The Kier molecular flexibility index (Phi) is 3.96. The zero-order valence-electron chi connectivity index (χ0n) is 14.3. The maximum Gasteiger partial charge on any atom is 0.289 e. The van der Waals surface area contributed by atoms with E-state index in [0.717, 1.165) is 25.9 Å². The molecule has 0 aliphatic carbocycles. The van der Waals surface area contributed by atoms with Gasteiger partial charge in [0, 0.05) is 19.2 Å². The number of piperidine rings is 1. The van der Waals surface area contributed by atoms with Gasteiger partial charge in [-0.15, -0.1) is 0 Å². The molecule has 0 unspecified atom stereocenters. The van der Waals surface area contributed by atoms with E-state index in [0.29, 0.717) is 24.1 Å². The minimum absolute atomic E-state index is 0.107. The van der Waals surface area contributed by atoms with Crippen LogP contribution in [0, 0.1) is 0 Å². The Labute approximate surface area is 145 Å². The van der Waals surface area contributed by atoms with Gasteiger partial charge in [-0.1, -0.05) is 23.8 Å². The molecule has 1 spiro atoms. The van der Waals surface area contributed by atoms with Crippen LogP contribution in [0.1, 0.15) is 36.7 Å². The van der Waals surface area contributed by atoms with Crippen LogP contribution in [0.2, 0.25) is 0 Å². The van der Waals surface area contributed by atoms with E-state index < -0.39 is 0 Å². The minimum Gasteiger partial charge on any atom is -0.451 e. The van der Waals surface area contributed by atoms with Gasteiger partial charge in [0.25, 0.3) is 5.91 Å². The smallest absolute Gasteiger partial charge is 0.289 e. The molecule has 2 aliphatic rings. The van der Waals surface area contributed by atoms with Gasteiger partial charge in [-0.05, 0) is 38.3 Å². The van der Waals surface area contributed by atoms with Crippen LogP contribution in [0.4, 0.5) is 0 Å². The second-order valence-corrected chi connectivity index (χ2v) is 6.92. The third kappa shape index (κ3) is 3.00. The lowest BCUT2D eigenvalue weighted by Crippen LogP contribution is -2.48. The molecule has 0 bridgehead atoms. The van der Waals surface area contributed by atoms with E-state index >= 15 is 0 Å². The highest BCUT2D eigenvalue weighted by Gasteiger charge is 2.37. The van der Waals surface area contributed by atoms with Crippen molar-refractivity contribution in [1.82, 2.24) is 4.90 Å². The van der Waals surface area contributed by atoms with Crippen LogP contribution in [0.25, 0.3) is 11.0 Å². The quantitative estimate of drug-likeness (QED) is 0.749. The summed E-state index contributed by atoms with van der Waals surface area (Å²) in [6.07, 6.45) is 4.74. The van der Waals surface area contributed by atoms with Crippen LogP contribution in [0.15, 0.2) is 51.2 Å². The molecule has 1 amide bonds. The van der Waals surface area contributed by atoms with Crippen LogP contribution in [-0.4, -0.2) is 36.1 Å². The molecule has 0 N–H and O–H groups in total. The molecule has 0 atom stereocenters. The molecule has 1 fully saturated rings. The first-order valence-electron chi connectivity index (χ1n) is 8.71. The highest BCUT2D eigenvalue weighted by Crippen LogP contribution is 2.33. The number of fused-ring (bicyclic) bond motifs is 1. The van der Waals surface area contributed by atoms with Crippen LogP contribution < -0.4 is 5.43 Å². The van der Waals surface area contributed by atoms with Crippen LogP contribution in [0.3, 0.4) is 0 Å². The van der Waals surface area contributed by atoms with Crippen LogP contribution in [-0.2, 0) is 4.74 Å². The summed E-state index contributed by atoms with van der Waals surface area (Å²) in [5.41, 5.74) is 1.38. The summed E-state index contributed by atoms with van der Waals surface area (Å²) in [5, 5.41) is 0.493. The molecule has 3 heterocycles. The van der Waals surface area contributed by atoms with Crippen molar-refractivity contribution in [2.75, 3.05) is 19.7 Å². The Morgan fingerprint density at radius 2 is 1.96 bits per heavy atom. The summed E-state index contributed by atoms with van der Waals surface area (Å²) in [6, 6.07) is 8.29. The standard InChI is InChI=1S/C20H21NO4/c1-14-6-11-24-20(13-14)7-9-21(10-8-20)19(23)18-12-16(22)15-4-2-3-5-17(15)25-18/h2-5,12-13H,6-11H2,1H3. The number of rotatable bonds is 1. The van der Waals surface area contributed by atoms with Crippen molar-refractivity contribution in [3.05, 3.63) is 58.0 Å². The Hall–Kier alpha value is -2.40. The fraction of sp³-hybridized carbons (Fsp3) is 0.400. The van der Waals surface area contributed by atoms with E-state index in [4.69, 9.17) is 9.15 Å². The summed E-state index contributed by atoms with van der Waals surface area (Å²) in [6.45, 7) is 4.07. The molecule has 1 aromatic heterocycles. The molecule has 1 aromatic carbocycles. The van der Waals surface area contributed by atoms with Crippen molar-refractivity contribution in [2.24, 2.45) is 0 Å². The molecular formula is C20H21NO4. The Bertz CT molecular complexity index is 903. The number of benzene rings is 1. The van der Waals surface area contributed by atoms with Gasteiger partial charge in [0.2, 0.25) is 0 Å². The zero-order valence-corrected chi connectivity index (χ0v) is 14.3. The Morgan fingerprint density at radius 1 is 1.20 bits per heavy atom. The van der Waals surface area contributed by atoms with E-state index in [1.165, 1.54) is 11.6 Å². The number of hydrogen-bond acceptors (Lipinski definition) is 4. The maximum atomic E-state index is 12.8. The first-order valence-corrected chi connectivity index (χ1v) is 8.71. The lowest BCUT2D eigenvalue weighted by atomic mass is 9.87. The fourth-order valence-electron chi connectivity index (χ4n) is 3.72. The summed E-state index contributed by atoms with van der Waals surface area (Å²) in [4.78, 5) is 26.7. The Balaban J connectivity index is 1.55. The molecule has 2 aromatic rings. The number of amides is 1. The monoisotopic (exact) mass is 339 g/mol. The van der Waals surface area contributed by atoms with Crippen molar-refractivity contribution >= 4 is 16.9 Å². The molecule has 1 saturated heterocycles. The third-order valence-electron chi connectivity index (χ3n) is 5.14. The number of para-hydroxylation sites is 1. The van der Waals surface area contributed by atoms with E-state index in [2.05, 4.69) is 13.0 Å². The average molecular weight is 339 g/mol. The summed E-state index contributed by atoms with van der Waals surface area (Å²) in [7, 11) is 0. The van der Waals surface area contributed by atoms with Crippen molar-refractivity contribution in [3.63, 3.8) is 0 Å². The van der Waals surface area contributed by atoms with Gasteiger partial charge >= 0.3 is 0 Å². The van der Waals surface area contributed by atoms with Gasteiger partial charge in [-0.3, -0.25) is 9.59 Å². The second-order valence-electron chi connectivity index (χ2n) is 6.92. The van der Waals surface area contributed by atoms with E-state index in [1.807, 2.05) is 0 Å². The Morgan fingerprint density at radius 3 is 2.72 bits per heavy atom. The van der Waals surface area contributed by atoms with E-state index in [1.54, 1.807) is 29.2 Å². The fourth-order valence-corrected chi connectivity index (χ4v) is 3.72. The van der Waals surface area contributed by atoms with Gasteiger partial charge in [0.15, 0.2) is 11.2 Å². The molecule has 0 radical (unpaired) electrons. The molecule has 0 saturated carbocycles. The first-order chi connectivity index (χ1) is 12.1. The first kappa shape index (κ1) is 16.1. The van der Waals surface area contributed by atoms with Crippen LogP contribution >= 0.6 is 0 Å². The zero-order chi connectivity index (χ0) is 17.4. The summed E-state index contributed by atoms with van der Waals surface area (Å²) < 4.78 is 11.7. The predicted octanol–water partition coefficient (Wildman–Crippen LogP) is 3.13. The lowest BCUT2D eigenvalue weighted by Gasteiger charge is -2.42.